The first kappa shape index (κ1) is 16.5. The number of benzene rings is 1. The lowest BCUT2D eigenvalue weighted by Crippen LogP contribution is -2.16. The van der Waals surface area contributed by atoms with E-state index in [9.17, 15) is 9.59 Å². The molecular formula is C16H19N3O4. The van der Waals surface area contributed by atoms with Crippen molar-refractivity contribution < 1.29 is 19.1 Å². The van der Waals surface area contributed by atoms with Crippen molar-refractivity contribution in [2.75, 3.05) is 20.0 Å². The van der Waals surface area contributed by atoms with Crippen LogP contribution >= 0.6 is 0 Å². The summed E-state index contributed by atoms with van der Waals surface area (Å²) in [5.74, 6) is -1.28. The zero-order valence-electron chi connectivity index (χ0n) is 13.1. The van der Waals surface area contributed by atoms with Crippen molar-refractivity contribution in [3.05, 3.63) is 47.5 Å². The van der Waals surface area contributed by atoms with Crippen LogP contribution < -0.4 is 5.73 Å². The first-order valence-electron chi connectivity index (χ1n) is 7.13. The van der Waals surface area contributed by atoms with E-state index in [2.05, 4.69) is 9.72 Å². The second-order valence-electron chi connectivity index (χ2n) is 4.96. The minimum atomic E-state index is -0.664. The van der Waals surface area contributed by atoms with Gasteiger partial charge in [-0.15, -0.1) is 0 Å². The molecule has 0 unspecified atom stereocenters. The first-order valence-corrected chi connectivity index (χ1v) is 7.13. The fourth-order valence-electron chi connectivity index (χ4n) is 2.25. The smallest absolute Gasteiger partial charge is 0.359 e. The number of ether oxygens (including phenoxy) is 2. The van der Waals surface area contributed by atoms with Gasteiger partial charge in [-0.1, -0.05) is 12.1 Å². The largest absolute Gasteiger partial charge is 0.464 e. The van der Waals surface area contributed by atoms with E-state index in [-0.39, 0.29) is 11.4 Å². The van der Waals surface area contributed by atoms with Gasteiger partial charge in [0.1, 0.15) is 0 Å². The summed E-state index contributed by atoms with van der Waals surface area (Å²) >= 11 is 0. The summed E-state index contributed by atoms with van der Waals surface area (Å²) in [4.78, 5) is 27.5. The molecule has 0 radical (unpaired) electrons. The molecule has 0 aliphatic carbocycles. The molecule has 0 bridgehead atoms. The highest BCUT2D eigenvalue weighted by Gasteiger charge is 2.24. The fraction of sp³-hybridized carbons (Fsp3) is 0.312. The lowest BCUT2D eigenvalue weighted by atomic mass is 10.1. The van der Waals surface area contributed by atoms with Gasteiger partial charge in [-0.05, 0) is 30.5 Å². The number of hydrogen-bond donors (Lipinski definition) is 1. The van der Waals surface area contributed by atoms with Crippen LogP contribution in [0.3, 0.4) is 0 Å². The lowest BCUT2D eigenvalue weighted by Gasteiger charge is -2.08. The summed E-state index contributed by atoms with van der Waals surface area (Å²) in [6.07, 6.45) is 3.03. The Labute approximate surface area is 134 Å². The van der Waals surface area contributed by atoms with E-state index in [1.165, 1.54) is 20.5 Å². The number of imidazole rings is 1. The Bertz CT molecular complexity index is 692. The maximum absolute atomic E-state index is 11.9. The maximum atomic E-state index is 11.9. The van der Waals surface area contributed by atoms with Crippen molar-refractivity contribution in [3.8, 4) is 0 Å². The second-order valence-corrected chi connectivity index (χ2v) is 4.96. The van der Waals surface area contributed by atoms with Crippen LogP contribution in [0.5, 0.6) is 0 Å². The molecule has 0 amide bonds. The van der Waals surface area contributed by atoms with Gasteiger partial charge in [0.05, 0.1) is 20.5 Å². The number of nitrogen functional groups attached to an aromatic ring is 1. The Kier molecular flexibility index (Phi) is 5.35. The third-order valence-corrected chi connectivity index (χ3v) is 3.44. The molecule has 0 aliphatic heterocycles. The molecule has 0 aliphatic rings. The molecule has 0 saturated heterocycles. The van der Waals surface area contributed by atoms with Gasteiger partial charge in [0.25, 0.3) is 0 Å². The van der Waals surface area contributed by atoms with Crippen molar-refractivity contribution in [3.63, 3.8) is 0 Å². The van der Waals surface area contributed by atoms with Crippen molar-refractivity contribution >= 4 is 17.6 Å². The Balaban J connectivity index is 2.10. The molecule has 0 saturated carbocycles. The van der Waals surface area contributed by atoms with Crippen LogP contribution in [0, 0.1) is 0 Å². The van der Waals surface area contributed by atoms with Gasteiger partial charge >= 0.3 is 11.9 Å². The number of hydrogen-bond acceptors (Lipinski definition) is 6. The summed E-state index contributed by atoms with van der Waals surface area (Å²) in [6, 6.07) is 7.62. The van der Waals surface area contributed by atoms with Gasteiger partial charge in [-0.3, -0.25) is 0 Å². The van der Waals surface area contributed by atoms with Crippen LogP contribution in [0.25, 0.3) is 0 Å². The van der Waals surface area contributed by atoms with Crippen molar-refractivity contribution in [2.45, 2.75) is 19.4 Å². The normalized spacial score (nSPS) is 10.3. The second kappa shape index (κ2) is 7.44. The van der Waals surface area contributed by atoms with Crippen LogP contribution in [0.1, 0.15) is 33.0 Å². The van der Waals surface area contributed by atoms with Gasteiger partial charge < -0.3 is 19.8 Å². The lowest BCUT2D eigenvalue weighted by molar-refractivity contribution is 0.0543. The van der Waals surface area contributed by atoms with E-state index in [0.29, 0.717) is 6.54 Å². The third-order valence-electron chi connectivity index (χ3n) is 3.44. The molecule has 1 aromatic carbocycles. The predicted molar refractivity (Wildman–Crippen MR) is 84.1 cm³/mol. The molecule has 7 nitrogen and oxygen atoms in total. The van der Waals surface area contributed by atoms with Gasteiger partial charge in [0, 0.05) is 12.2 Å². The maximum Gasteiger partial charge on any atom is 0.359 e. The highest BCUT2D eigenvalue weighted by Crippen LogP contribution is 2.13. The molecule has 1 heterocycles. The number of carbonyl (C=O) groups excluding carboxylic acids is 2. The quantitative estimate of drug-likeness (QED) is 0.643. The summed E-state index contributed by atoms with van der Waals surface area (Å²) in [5, 5.41) is 0. The molecule has 0 fully saturated rings. The number of carbonyl (C=O) groups is 2. The zero-order valence-corrected chi connectivity index (χ0v) is 13.1. The van der Waals surface area contributed by atoms with Crippen LogP contribution in [0.4, 0.5) is 5.69 Å². The van der Waals surface area contributed by atoms with E-state index in [1.54, 1.807) is 4.57 Å². The standard InChI is InChI=1S/C16H19N3O4/c1-22-15(20)13-14(16(21)23-2)19(10-18-13)9-3-4-11-5-7-12(17)8-6-11/h5-8,10H,3-4,9,17H2,1-2H3. The van der Waals surface area contributed by atoms with Gasteiger partial charge in [0.2, 0.25) is 0 Å². The molecule has 2 N–H and O–H groups in total. The SMILES string of the molecule is COC(=O)c1ncn(CCCc2ccc(N)cc2)c1C(=O)OC. The van der Waals surface area contributed by atoms with Crippen molar-refractivity contribution in [2.24, 2.45) is 0 Å². The van der Waals surface area contributed by atoms with Gasteiger partial charge in [-0.2, -0.15) is 0 Å². The Morgan fingerprint density at radius 2 is 1.78 bits per heavy atom. The number of esters is 2. The third kappa shape index (κ3) is 3.88. The molecule has 2 rings (SSSR count). The molecule has 0 atom stereocenters. The van der Waals surface area contributed by atoms with E-state index in [4.69, 9.17) is 10.5 Å². The topological polar surface area (TPSA) is 96.4 Å². The average Bonchev–Trinajstić information content (AvgIpc) is 2.99. The first-order chi connectivity index (χ1) is 11.1. The highest BCUT2D eigenvalue weighted by molar-refractivity contribution is 6.00. The predicted octanol–water partition coefficient (Wildman–Crippen LogP) is 1.67. The summed E-state index contributed by atoms with van der Waals surface area (Å²) < 4.78 is 11.0. The molecule has 23 heavy (non-hydrogen) atoms. The van der Waals surface area contributed by atoms with Gasteiger partial charge in [-0.25, -0.2) is 14.6 Å². The Hall–Kier alpha value is -2.83. The van der Waals surface area contributed by atoms with Crippen LogP contribution in [-0.4, -0.2) is 35.7 Å². The van der Waals surface area contributed by atoms with E-state index in [0.717, 1.165) is 24.1 Å². The van der Waals surface area contributed by atoms with Crippen LogP contribution in [-0.2, 0) is 22.4 Å². The molecule has 0 spiro atoms. The van der Waals surface area contributed by atoms with E-state index in [1.807, 2.05) is 24.3 Å². The number of nitrogens with zero attached hydrogens (tertiary/aromatic N) is 2. The molecule has 122 valence electrons. The van der Waals surface area contributed by atoms with E-state index < -0.39 is 11.9 Å². The number of aromatic nitrogens is 2. The number of methoxy groups -OCH3 is 2. The van der Waals surface area contributed by atoms with Crippen LogP contribution in [0.15, 0.2) is 30.6 Å². The summed E-state index contributed by atoms with van der Waals surface area (Å²) in [5.41, 5.74) is 7.59. The minimum absolute atomic E-state index is 0.0353. The minimum Gasteiger partial charge on any atom is -0.464 e. The Morgan fingerprint density at radius 1 is 1.13 bits per heavy atom. The monoisotopic (exact) mass is 317 g/mol. The van der Waals surface area contributed by atoms with E-state index >= 15 is 0 Å². The molecule has 2 aromatic rings. The van der Waals surface area contributed by atoms with Crippen LogP contribution in [0.2, 0.25) is 0 Å². The summed E-state index contributed by atoms with van der Waals surface area (Å²) in [6.45, 7) is 0.527. The zero-order chi connectivity index (χ0) is 16.8. The van der Waals surface area contributed by atoms with Crippen molar-refractivity contribution in [1.82, 2.24) is 9.55 Å². The molecule has 1 aromatic heterocycles. The highest BCUT2D eigenvalue weighted by atomic mass is 16.5. The number of nitrogens with two attached hydrogens (primary N) is 1. The van der Waals surface area contributed by atoms with Crippen molar-refractivity contribution in [1.29, 1.82) is 0 Å². The number of anilines is 1. The Morgan fingerprint density at radius 3 is 2.39 bits per heavy atom. The van der Waals surface area contributed by atoms with Gasteiger partial charge in [0.15, 0.2) is 11.4 Å². The fourth-order valence-corrected chi connectivity index (χ4v) is 2.25. The number of aryl methyl sites for hydroxylation is 2. The number of rotatable bonds is 6. The average molecular weight is 317 g/mol. The molecular weight excluding hydrogens is 298 g/mol. The molecule has 7 heteroatoms. The summed E-state index contributed by atoms with van der Waals surface area (Å²) in [7, 11) is 2.50.